The second kappa shape index (κ2) is 6.27. The van der Waals surface area contributed by atoms with Crippen molar-refractivity contribution in [2.24, 2.45) is 4.99 Å². The average molecular weight is 135 g/mol. The van der Waals surface area contributed by atoms with Crippen LogP contribution in [0.15, 0.2) is 16.9 Å². The van der Waals surface area contributed by atoms with E-state index >= 15 is 0 Å². The second-order valence-electron chi connectivity index (χ2n) is 1.73. The van der Waals surface area contributed by atoms with Gasteiger partial charge in [-0.15, -0.1) is 0 Å². The molecular formula is C7H12BN2. The van der Waals surface area contributed by atoms with E-state index in [1.54, 1.807) is 12.4 Å². The van der Waals surface area contributed by atoms with E-state index in [9.17, 15) is 0 Å². The van der Waals surface area contributed by atoms with Crippen LogP contribution < -0.4 is 5.32 Å². The number of hydrogen-bond acceptors (Lipinski definition) is 2. The van der Waals surface area contributed by atoms with Gasteiger partial charge in [0.1, 0.15) is 0 Å². The van der Waals surface area contributed by atoms with Gasteiger partial charge < -0.3 is 0 Å². The average Bonchev–Trinajstić information content (AvgIpc) is 1.98. The Balaban J connectivity index is 3.89. The number of rotatable bonds is 4. The monoisotopic (exact) mass is 135 g/mol. The van der Waals surface area contributed by atoms with Gasteiger partial charge in [0.2, 0.25) is 0 Å². The van der Waals surface area contributed by atoms with Crippen LogP contribution in [-0.2, 0) is 0 Å². The SMILES string of the molecule is [B]=CN/C(=C\N=CC)CC. The fraction of sp³-hybridized carbons (Fsp3) is 0.429. The number of aliphatic imine (C=N–C) groups is 1. The molecule has 1 N–H and O–H groups in total. The van der Waals surface area contributed by atoms with E-state index in [1.807, 2.05) is 13.8 Å². The van der Waals surface area contributed by atoms with Gasteiger partial charge >= 0.3 is 62.3 Å². The molecule has 0 amide bonds. The topological polar surface area (TPSA) is 24.4 Å². The molecule has 0 aliphatic carbocycles. The van der Waals surface area contributed by atoms with Crippen LogP contribution in [0.1, 0.15) is 20.3 Å². The van der Waals surface area contributed by atoms with Gasteiger partial charge in [0.25, 0.3) is 0 Å². The summed E-state index contributed by atoms with van der Waals surface area (Å²) in [7, 11) is 5.15. The molecule has 0 heterocycles. The van der Waals surface area contributed by atoms with Crippen molar-refractivity contribution in [3.05, 3.63) is 11.9 Å². The van der Waals surface area contributed by atoms with E-state index in [2.05, 4.69) is 10.3 Å². The predicted molar refractivity (Wildman–Crippen MR) is 47.5 cm³/mol. The zero-order valence-corrected chi connectivity index (χ0v) is 6.46. The van der Waals surface area contributed by atoms with Gasteiger partial charge in [-0.3, -0.25) is 0 Å². The van der Waals surface area contributed by atoms with Crippen molar-refractivity contribution in [3.8, 4) is 0 Å². The van der Waals surface area contributed by atoms with Gasteiger partial charge in [0.15, 0.2) is 0 Å². The molecule has 0 saturated heterocycles. The zero-order chi connectivity index (χ0) is 7.82. The molecule has 0 aromatic heterocycles. The summed E-state index contributed by atoms with van der Waals surface area (Å²) in [6, 6.07) is 0. The Morgan fingerprint density at radius 1 is 1.70 bits per heavy atom. The minimum absolute atomic E-state index is 0.908. The molecule has 0 saturated carbocycles. The molecule has 0 aliphatic rings. The third-order valence-corrected chi connectivity index (χ3v) is 1.03. The summed E-state index contributed by atoms with van der Waals surface area (Å²) in [5.41, 5.74) is 1.01. The Bertz CT molecular complexity index is 150. The van der Waals surface area contributed by atoms with Gasteiger partial charge in [-0.05, 0) is 0 Å². The van der Waals surface area contributed by atoms with E-state index < -0.39 is 0 Å². The summed E-state index contributed by atoms with van der Waals surface area (Å²) < 4.78 is 0. The molecule has 10 heavy (non-hydrogen) atoms. The van der Waals surface area contributed by atoms with E-state index in [4.69, 9.17) is 7.49 Å². The first-order chi connectivity index (χ1) is 4.85. The summed E-state index contributed by atoms with van der Waals surface area (Å²) in [5.74, 6) is 0. The maximum atomic E-state index is 5.15. The molecule has 0 aromatic rings. The van der Waals surface area contributed by atoms with Crippen molar-refractivity contribution in [3.63, 3.8) is 0 Å². The van der Waals surface area contributed by atoms with Crippen LogP contribution in [0.25, 0.3) is 0 Å². The zero-order valence-electron chi connectivity index (χ0n) is 6.46. The molecule has 1 radical (unpaired) electrons. The third kappa shape index (κ3) is 4.07. The number of nitrogens with zero attached hydrogens (tertiary/aromatic N) is 1. The molecule has 3 heteroatoms. The molecule has 0 fully saturated rings. The van der Waals surface area contributed by atoms with Crippen molar-refractivity contribution in [2.45, 2.75) is 20.3 Å². The van der Waals surface area contributed by atoms with Crippen LogP contribution in [0.5, 0.6) is 0 Å². The Hall–Kier alpha value is -0.855. The van der Waals surface area contributed by atoms with Crippen molar-refractivity contribution >= 4 is 19.8 Å². The molecular weight excluding hydrogens is 123 g/mol. The molecule has 2 nitrogen and oxygen atoms in total. The molecule has 0 atom stereocenters. The Labute approximate surface area is 63.1 Å². The van der Waals surface area contributed by atoms with E-state index in [-0.39, 0.29) is 0 Å². The number of hydrogen-bond donors (Lipinski definition) is 1. The van der Waals surface area contributed by atoms with Crippen molar-refractivity contribution < 1.29 is 0 Å². The normalized spacial score (nSPS) is 11.9. The maximum absolute atomic E-state index is 5.15. The molecule has 0 spiro atoms. The minimum atomic E-state index is 0.908. The first-order valence-electron chi connectivity index (χ1n) is 3.32. The van der Waals surface area contributed by atoms with Gasteiger partial charge in [-0.2, -0.15) is 0 Å². The van der Waals surface area contributed by atoms with Gasteiger partial charge in [0.05, 0.1) is 0 Å². The van der Waals surface area contributed by atoms with E-state index in [0.29, 0.717) is 0 Å². The predicted octanol–water partition coefficient (Wildman–Crippen LogP) is 0.846. The summed E-state index contributed by atoms with van der Waals surface area (Å²) in [4.78, 5) is 3.94. The van der Waals surface area contributed by atoms with Crippen LogP contribution in [0, 0.1) is 0 Å². The van der Waals surface area contributed by atoms with Crippen molar-refractivity contribution in [1.82, 2.24) is 5.32 Å². The summed E-state index contributed by atoms with van der Waals surface area (Å²) >= 11 is 0. The quantitative estimate of drug-likeness (QED) is 0.448. The fourth-order valence-electron chi connectivity index (χ4n) is 0.502. The number of allylic oxidation sites excluding steroid dienone is 1. The van der Waals surface area contributed by atoms with Crippen LogP contribution in [0.3, 0.4) is 0 Å². The van der Waals surface area contributed by atoms with Crippen molar-refractivity contribution in [1.29, 1.82) is 0 Å². The Kier molecular flexibility index (Phi) is 5.73. The molecule has 53 valence electrons. The summed E-state index contributed by atoms with van der Waals surface area (Å²) in [6.45, 7) is 3.91. The van der Waals surface area contributed by atoms with Gasteiger partial charge in [-0.25, -0.2) is 0 Å². The Morgan fingerprint density at radius 2 is 2.40 bits per heavy atom. The van der Waals surface area contributed by atoms with Crippen LogP contribution in [-0.4, -0.2) is 19.8 Å². The Morgan fingerprint density at radius 3 is 2.80 bits per heavy atom. The molecule has 0 aromatic carbocycles. The van der Waals surface area contributed by atoms with Crippen LogP contribution in [0.2, 0.25) is 0 Å². The first-order valence-corrected chi connectivity index (χ1v) is 3.32. The summed E-state index contributed by atoms with van der Waals surface area (Å²) in [5, 5.41) is 2.87. The van der Waals surface area contributed by atoms with Crippen LogP contribution >= 0.6 is 0 Å². The molecule has 0 rings (SSSR count). The van der Waals surface area contributed by atoms with Crippen LogP contribution in [0.4, 0.5) is 0 Å². The summed E-state index contributed by atoms with van der Waals surface area (Å²) in [6.07, 6.45) is 5.79. The third-order valence-electron chi connectivity index (χ3n) is 1.03. The molecule has 0 aliphatic heterocycles. The van der Waals surface area contributed by atoms with E-state index in [1.165, 1.54) is 6.09 Å². The van der Waals surface area contributed by atoms with Crippen molar-refractivity contribution in [2.75, 3.05) is 0 Å². The van der Waals surface area contributed by atoms with E-state index in [0.717, 1.165) is 12.1 Å². The second-order valence-corrected chi connectivity index (χ2v) is 1.73. The van der Waals surface area contributed by atoms with Gasteiger partial charge in [0, 0.05) is 0 Å². The first kappa shape index (κ1) is 9.14. The fourth-order valence-corrected chi connectivity index (χ4v) is 0.502. The standard InChI is InChI=1S/C7H12BN2/c1-3-7(10-6-8)5-9-4-2/h4-6,10H,3H2,1-2H3/b7-5-,9-4?. The number of nitrogens with one attached hydrogen (secondary N) is 1. The molecule has 0 bridgehead atoms. The van der Waals surface area contributed by atoms with Gasteiger partial charge in [-0.1, -0.05) is 0 Å². The molecule has 0 unspecified atom stereocenters.